The number of anilines is 1. The van der Waals surface area contributed by atoms with E-state index < -0.39 is 0 Å². The Labute approximate surface area is 102 Å². The molecule has 0 aliphatic rings. The first-order valence-electron chi connectivity index (χ1n) is 4.44. The third kappa shape index (κ3) is 3.76. The lowest BCUT2D eigenvalue weighted by Gasteiger charge is -2.12. The minimum absolute atomic E-state index is 0.114. The molecule has 1 heterocycles. The van der Waals surface area contributed by atoms with Crippen molar-refractivity contribution in [2.24, 2.45) is 5.92 Å². The Morgan fingerprint density at radius 2 is 2.27 bits per heavy atom. The van der Waals surface area contributed by atoms with Gasteiger partial charge in [0.25, 0.3) is 0 Å². The Morgan fingerprint density at radius 3 is 2.80 bits per heavy atom. The van der Waals surface area contributed by atoms with Crippen molar-refractivity contribution in [3.63, 3.8) is 0 Å². The van der Waals surface area contributed by atoms with Gasteiger partial charge in [-0.1, -0.05) is 29.8 Å². The molecule has 1 atom stereocenters. The maximum absolute atomic E-state index is 11.6. The van der Waals surface area contributed by atoms with E-state index in [9.17, 15) is 4.79 Å². The van der Waals surface area contributed by atoms with E-state index in [1.165, 1.54) is 6.20 Å². The SMILES string of the molecule is CC(C)C(Br)C(=O)Nc1ccnc(Cl)n1. The fourth-order valence-corrected chi connectivity index (χ4v) is 1.16. The first kappa shape index (κ1) is 12.4. The van der Waals surface area contributed by atoms with Crippen molar-refractivity contribution in [1.29, 1.82) is 0 Å². The van der Waals surface area contributed by atoms with E-state index in [0.717, 1.165) is 0 Å². The lowest BCUT2D eigenvalue weighted by Crippen LogP contribution is -2.27. The van der Waals surface area contributed by atoms with E-state index in [0.29, 0.717) is 5.82 Å². The van der Waals surface area contributed by atoms with Crippen LogP contribution in [0.25, 0.3) is 0 Å². The van der Waals surface area contributed by atoms with Gasteiger partial charge in [0.15, 0.2) is 0 Å². The van der Waals surface area contributed by atoms with E-state index >= 15 is 0 Å². The van der Waals surface area contributed by atoms with Gasteiger partial charge in [-0.15, -0.1) is 0 Å². The summed E-state index contributed by atoms with van der Waals surface area (Å²) in [4.78, 5) is 18.9. The van der Waals surface area contributed by atoms with Crippen molar-refractivity contribution in [1.82, 2.24) is 9.97 Å². The molecular weight excluding hydrogens is 281 g/mol. The molecule has 1 N–H and O–H groups in total. The van der Waals surface area contributed by atoms with Crippen LogP contribution in [0.3, 0.4) is 0 Å². The summed E-state index contributed by atoms with van der Waals surface area (Å²) < 4.78 is 0. The zero-order valence-corrected chi connectivity index (χ0v) is 10.7. The number of alkyl halides is 1. The highest BCUT2D eigenvalue weighted by molar-refractivity contribution is 9.10. The molecule has 1 amide bonds. The molecule has 15 heavy (non-hydrogen) atoms. The highest BCUT2D eigenvalue weighted by atomic mass is 79.9. The predicted octanol–water partition coefficient (Wildman–Crippen LogP) is 2.49. The van der Waals surface area contributed by atoms with Crippen LogP contribution >= 0.6 is 27.5 Å². The highest BCUT2D eigenvalue weighted by Gasteiger charge is 2.18. The molecule has 4 nitrogen and oxygen atoms in total. The van der Waals surface area contributed by atoms with Gasteiger partial charge in [0.1, 0.15) is 5.82 Å². The van der Waals surface area contributed by atoms with Crippen LogP contribution in [-0.4, -0.2) is 20.7 Å². The second-order valence-corrected chi connectivity index (χ2v) is 4.67. The van der Waals surface area contributed by atoms with Gasteiger partial charge in [0.05, 0.1) is 4.83 Å². The summed E-state index contributed by atoms with van der Waals surface area (Å²) >= 11 is 8.88. The smallest absolute Gasteiger partial charge is 0.239 e. The molecule has 0 aliphatic heterocycles. The molecule has 0 fully saturated rings. The van der Waals surface area contributed by atoms with Crippen LogP contribution < -0.4 is 5.32 Å². The molecule has 1 rings (SSSR count). The monoisotopic (exact) mass is 291 g/mol. The summed E-state index contributed by atoms with van der Waals surface area (Å²) in [5.41, 5.74) is 0. The third-order valence-electron chi connectivity index (χ3n) is 1.71. The van der Waals surface area contributed by atoms with Crippen molar-refractivity contribution in [3.05, 3.63) is 17.5 Å². The van der Waals surface area contributed by atoms with Crippen molar-refractivity contribution in [2.45, 2.75) is 18.7 Å². The van der Waals surface area contributed by atoms with Gasteiger partial charge >= 0.3 is 0 Å². The number of hydrogen-bond donors (Lipinski definition) is 1. The molecule has 0 saturated heterocycles. The average Bonchev–Trinajstić information content (AvgIpc) is 2.16. The molecule has 6 heteroatoms. The number of nitrogens with one attached hydrogen (secondary N) is 1. The van der Waals surface area contributed by atoms with Gasteiger partial charge in [-0.25, -0.2) is 9.97 Å². The number of halogens is 2. The van der Waals surface area contributed by atoms with Crippen LogP contribution in [0, 0.1) is 5.92 Å². The predicted molar refractivity (Wildman–Crippen MR) is 63.2 cm³/mol. The zero-order valence-electron chi connectivity index (χ0n) is 8.37. The Morgan fingerprint density at radius 1 is 1.60 bits per heavy atom. The summed E-state index contributed by atoms with van der Waals surface area (Å²) in [5, 5.41) is 2.76. The Kier molecular flexibility index (Phi) is 4.47. The summed E-state index contributed by atoms with van der Waals surface area (Å²) in [6.07, 6.45) is 1.49. The number of carbonyl (C=O) groups is 1. The van der Waals surface area contributed by atoms with Crippen LogP contribution in [0.1, 0.15) is 13.8 Å². The lowest BCUT2D eigenvalue weighted by atomic mass is 10.1. The molecule has 0 bridgehead atoms. The molecule has 1 aromatic heterocycles. The topological polar surface area (TPSA) is 54.9 Å². The molecule has 0 aliphatic carbocycles. The number of rotatable bonds is 3. The van der Waals surface area contributed by atoms with Gasteiger partial charge in [-0.2, -0.15) is 0 Å². The van der Waals surface area contributed by atoms with Gasteiger partial charge in [0, 0.05) is 6.20 Å². The Bertz CT molecular complexity index is 359. The van der Waals surface area contributed by atoms with Gasteiger partial charge in [-0.3, -0.25) is 4.79 Å². The van der Waals surface area contributed by atoms with Crippen molar-refractivity contribution < 1.29 is 4.79 Å². The van der Waals surface area contributed by atoms with Gasteiger partial charge in [0.2, 0.25) is 11.2 Å². The van der Waals surface area contributed by atoms with E-state index in [1.54, 1.807) is 6.07 Å². The zero-order chi connectivity index (χ0) is 11.4. The van der Waals surface area contributed by atoms with E-state index in [1.807, 2.05) is 13.8 Å². The second kappa shape index (κ2) is 5.42. The van der Waals surface area contributed by atoms with Crippen LogP contribution in [-0.2, 0) is 4.79 Å². The Balaban J connectivity index is 2.66. The number of aromatic nitrogens is 2. The van der Waals surface area contributed by atoms with Crippen molar-refractivity contribution in [2.75, 3.05) is 5.32 Å². The number of amides is 1. The Hall–Kier alpha value is -0.680. The second-order valence-electron chi connectivity index (χ2n) is 3.35. The van der Waals surface area contributed by atoms with Crippen molar-refractivity contribution in [3.8, 4) is 0 Å². The molecule has 1 unspecified atom stereocenters. The van der Waals surface area contributed by atoms with Crippen LogP contribution in [0.4, 0.5) is 5.82 Å². The van der Waals surface area contributed by atoms with Gasteiger partial charge < -0.3 is 5.32 Å². The van der Waals surface area contributed by atoms with E-state index in [2.05, 4.69) is 31.2 Å². The van der Waals surface area contributed by atoms with E-state index in [-0.39, 0.29) is 21.9 Å². The highest BCUT2D eigenvalue weighted by Crippen LogP contribution is 2.14. The minimum Gasteiger partial charge on any atom is -0.310 e. The van der Waals surface area contributed by atoms with Crippen LogP contribution in [0.15, 0.2) is 12.3 Å². The summed E-state index contributed by atoms with van der Waals surface area (Å²) in [7, 11) is 0. The maximum Gasteiger partial charge on any atom is 0.239 e. The normalized spacial score (nSPS) is 12.6. The average molecular weight is 293 g/mol. The molecule has 82 valence electrons. The minimum atomic E-state index is -0.244. The number of hydrogen-bond acceptors (Lipinski definition) is 3. The summed E-state index contributed by atoms with van der Waals surface area (Å²) in [6, 6.07) is 1.59. The molecule has 1 aromatic rings. The molecular formula is C9H11BrClN3O. The van der Waals surface area contributed by atoms with Crippen molar-refractivity contribution >= 4 is 39.3 Å². The van der Waals surface area contributed by atoms with Gasteiger partial charge in [-0.05, 0) is 23.6 Å². The lowest BCUT2D eigenvalue weighted by molar-refractivity contribution is -0.116. The maximum atomic E-state index is 11.6. The standard InChI is InChI=1S/C9H11BrClN3O/c1-5(2)7(10)8(15)13-6-3-4-12-9(11)14-6/h3-5,7H,1-2H3,(H,12,13,14,15). The van der Waals surface area contributed by atoms with Crippen LogP contribution in [0.2, 0.25) is 5.28 Å². The largest absolute Gasteiger partial charge is 0.310 e. The van der Waals surface area contributed by atoms with E-state index in [4.69, 9.17) is 11.6 Å². The molecule has 0 spiro atoms. The molecule has 0 radical (unpaired) electrons. The van der Waals surface area contributed by atoms with Crippen LogP contribution in [0.5, 0.6) is 0 Å². The number of nitrogens with zero attached hydrogens (tertiary/aromatic N) is 2. The first-order valence-corrected chi connectivity index (χ1v) is 5.73. The summed E-state index contributed by atoms with van der Waals surface area (Å²) in [5.74, 6) is 0.479. The quantitative estimate of drug-likeness (QED) is 0.688. The fourth-order valence-electron chi connectivity index (χ4n) is 0.902. The third-order valence-corrected chi connectivity index (χ3v) is 3.37. The number of carbonyl (C=O) groups excluding carboxylic acids is 1. The first-order chi connectivity index (χ1) is 7.00. The fraction of sp³-hybridized carbons (Fsp3) is 0.444. The molecule has 0 aromatic carbocycles. The summed E-state index contributed by atoms with van der Waals surface area (Å²) in [6.45, 7) is 3.90. The molecule has 0 saturated carbocycles.